The molecule has 1 saturated heterocycles. The van der Waals surface area contributed by atoms with Gasteiger partial charge in [0.05, 0.1) is 6.10 Å². The first-order chi connectivity index (χ1) is 9.28. The Kier molecular flexibility index (Phi) is 4.48. The minimum atomic E-state index is -0.0235. The van der Waals surface area contributed by atoms with Crippen LogP contribution in [0, 0.1) is 17.8 Å². The highest BCUT2D eigenvalue weighted by Crippen LogP contribution is 2.39. The van der Waals surface area contributed by atoms with Crippen LogP contribution in [-0.4, -0.2) is 35.2 Å². The highest BCUT2D eigenvalue weighted by molar-refractivity contribution is 4.91. The largest absolute Gasteiger partial charge is 0.393 e. The Morgan fingerprint density at radius 1 is 1.05 bits per heavy atom. The first-order valence-electron chi connectivity index (χ1n) is 8.70. The molecule has 110 valence electrons. The Labute approximate surface area is 118 Å². The van der Waals surface area contributed by atoms with Crippen LogP contribution in [-0.2, 0) is 0 Å². The summed E-state index contributed by atoms with van der Waals surface area (Å²) < 4.78 is 0. The molecule has 2 aliphatic carbocycles. The molecule has 0 amide bonds. The van der Waals surface area contributed by atoms with E-state index in [1.54, 1.807) is 0 Å². The van der Waals surface area contributed by atoms with Crippen molar-refractivity contribution in [1.82, 2.24) is 4.90 Å². The van der Waals surface area contributed by atoms with Crippen LogP contribution < -0.4 is 0 Å². The number of likely N-dealkylation sites (tertiary alicyclic amines) is 1. The van der Waals surface area contributed by atoms with E-state index in [1.807, 2.05) is 0 Å². The number of hydrogen-bond acceptors (Lipinski definition) is 2. The van der Waals surface area contributed by atoms with Gasteiger partial charge in [0.1, 0.15) is 0 Å². The van der Waals surface area contributed by atoms with Gasteiger partial charge in [-0.3, -0.25) is 4.90 Å². The molecule has 0 aromatic rings. The van der Waals surface area contributed by atoms with Crippen LogP contribution >= 0.6 is 0 Å². The Morgan fingerprint density at radius 3 is 2.74 bits per heavy atom. The molecule has 0 radical (unpaired) electrons. The van der Waals surface area contributed by atoms with Crippen molar-refractivity contribution in [1.29, 1.82) is 0 Å². The lowest BCUT2D eigenvalue weighted by Crippen LogP contribution is -2.47. The second-order valence-electron chi connectivity index (χ2n) is 7.31. The van der Waals surface area contributed by atoms with Gasteiger partial charge in [-0.2, -0.15) is 0 Å². The second-order valence-corrected chi connectivity index (χ2v) is 7.31. The van der Waals surface area contributed by atoms with Gasteiger partial charge in [0, 0.05) is 12.6 Å². The highest BCUT2D eigenvalue weighted by Gasteiger charge is 2.37. The maximum absolute atomic E-state index is 10.3. The van der Waals surface area contributed by atoms with Crippen molar-refractivity contribution in [2.75, 3.05) is 13.1 Å². The van der Waals surface area contributed by atoms with Crippen molar-refractivity contribution >= 4 is 0 Å². The van der Waals surface area contributed by atoms with Gasteiger partial charge in [-0.1, -0.05) is 19.8 Å². The lowest BCUT2D eigenvalue weighted by Gasteiger charge is -2.42. The average Bonchev–Trinajstić information content (AvgIpc) is 2.90. The normalized spacial score (nSPS) is 44.2. The summed E-state index contributed by atoms with van der Waals surface area (Å²) >= 11 is 0. The lowest BCUT2D eigenvalue weighted by atomic mass is 9.77. The summed E-state index contributed by atoms with van der Waals surface area (Å²) in [6.45, 7) is 4.79. The summed E-state index contributed by atoms with van der Waals surface area (Å²) in [6, 6.07) is 0.864. The van der Waals surface area contributed by atoms with E-state index in [-0.39, 0.29) is 6.10 Å². The molecule has 2 nitrogen and oxygen atoms in total. The topological polar surface area (TPSA) is 23.5 Å². The zero-order valence-corrected chi connectivity index (χ0v) is 12.6. The van der Waals surface area contributed by atoms with Crippen LogP contribution in [0.1, 0.15) is 64.7 Å². The van der Waals surface area contributed by atoms with Crippen LogP contribution in [0.15, 0.2) is 0 Å². The molecule has 3 aliphatic rings. The van der Waals surface area contributed by atoms with Crippen molar-refractivity contribution in [2.24, 2.45) is 17.8 Å². The molecule has 1 aliphatic heterocycles. The van der Waals surface area contributed by atoms with E-state index in [1.165, 1.54) is 64.5 Å². The zero-order valence-electron chi connectivity index (χ0n) is 12.6. The maximum Gasteiger partial charge on any atom is 0.0580 e. The molecule has 5 unspecified atom stereocenters. The van der Waals surface area contributed by atoms with Gasteiger partial charge >= 0.3 is 0 Å². The van der Waals surface area contributed by atoms with Gasteiger partial charge in [0.2, 0.25) is 0 Å². The van der Waals surface area contributed by atoms with Gasteiger partial charge in [0.25, 0.3) is 0 Å². The van der Waals surface area contributed by atoms with E-state index in [0.29, 0.717) is 5.92 Å². The van der Waals surface area contributed by atoms with Crippen LogP contribution in [0.5, 0.6) is 0 Å². The standard InChI is InChI=1S/C17H31NO/c1-2-13-8-9-17(19)15(11-13)12-18-10-4-6-14-5-3-7-16(14)18/h13-17,19H,2-12H2,1H3. The molecule has 1 heterocycles. The highest BCUT2D eigenvalue weighted by atomic mass is 16.3. The minimum Gasteiger partial charge on any atom is -0.393 e. The van der Waals surface area contributed by atoms with E-state index < -0.39 is 0 Å². The molecule has 3 fully saturated rings. The van der Waals surface area contributed by atoms with Crippen LogP contribution in [0.4, 0.5) is 0 Å². The molecule has 19 heavy (non-hydrogen) atoms. The van der Waals surface area contributed by atoms with Crippen molar-refractivity contribution in [2.45, 2.75) is 76.9 Å². The number of piperidine rings is 1. The number of fused-ring (bicyclic) bond motifs is 1. The lowest BCUT2D eigenvalue weighted by molar-refractivity contribution is 0.00502. The Balaban J connectivity index is 1.59. The number of rotatable bonds is 3. The maximum atomic E-state index is 10.3. The van der Waals surface area contributed by atoms with E-state index in [9.17, 15) is 5.11 Å². The van der Waals surface area contributed by atoms with Crippen LogP contribution in [0.3, 0.4) is 0 Å². The van der Waals surface area contributed by atoms with Crippen molar-refractivity contribution < 1.29 is 5.11 Å². The quantitative estimate of drug-likeness (QED) is 0.845. The predicted octanol–water partition coefficient (Wildman–Crippen LogP) is 3.44. The van der Waals surface area contributed by atoms with E-state index in [0.717, 1.165) is 24.3 Å². The molecule has 0 spiro atoms. The summed E-state index contributed by atoms with van der Waals surface area (Å²) in [7, 11) is 0. The SMILES string of the molecule is CCC1CCC(O)C(CN2CCCC3CCCC32)C1. The number of hydrogen-bond donors (Lipinski definition) is 1. The summed E-state index contributed by atoms with van der Waals surface area (Å²) in [5.41, 5.74) is 0. The third-order valence-corrected chi connectivity index (χ3v) is 6.21. The number of aliphatic hydroxyl groups is 1. The molecule has 2 heteroatoms. The zero-order chi connectivity index (χ0) is 13.2. The van der Waals surface area contributed by atoms with E-state index in [4.69, 9.17) is 0 Å². The van der Waals surface area contributed by atoms with Gasteiger partial charge in [-0.25, -0.2) is 0 Å². The summed E-state index contributed by atoms with van der Waals surface area (Å²) in [5.74, 6) is 2.41. The first-order valence-corrected chi connectivity index (χ1v) is 8.70. The third kappa shape index (κ3) is 3.00. The van der Waals surface area contributed by atoms with Crippen LogP contribution in [0.25, 0.3) is 0 Å². The Hall–Kier alpha value is -0.0800. The smallest absolute Gasteiger partial charge is 0.0580 e. The summed E-state index contributed by atoms with van der Waals surface area (Å²) in [5, 5.41) is 10.3. The molecular weight excluding hydrogens is 234 g/mol. The van der Waals surface area contributed by atoms with Crippen molar-refractivity contribution in [3.63, 3.8) is 0 Å². The fourth-order valence-electron chi connectivity index (χ4n) is 5.00. The number of aliphatic hydroxyl groups excluding tert-OH is 1. The summed E-state index contributed by atoms with van der Waals surface area (Å²) in [6.07, 6.45) is 12.0. The van der Waals surface area contributed by atoms with Gasteiger partial charge < -0.3 is 5.11 Å². The molecular formula is C17H31NO. The average molecular weight is 265 g/mol. The van der Waals surface area contributed by atoms with E-state index in [2.05, 4.69) is 11.8 Å². The second kappa shape index (κ2) is 6.13. The summed E-state index contributed by atoms with van der Waals surface area (Å²) in [4.78, 5) is 2.76. The monoisotopic (exact) mass is 265 g/mol. The molecule has 0 aromatic carbocycles. The van der Waals surface area contributed by atoms with Gasteiger partial charge in [-0.05, 0) is 69.2 Å². The Bertz CT molecular complexity index is 293. The van der Waals surface area contributed by atoms with Crippen molar-refractivity contribution in [3.8, 4) is 0 Å². The van der Waals surface area contributed by atoms with Crippen molar-refractivity contribution in [3.05, 3.63) is 0 Å². The molecule has 0 bridgehead atoms. The minimum absolute atomic E-state index is 0.0235. The Morgan fingerprint density at radius 2 is 1.89 bits per heavy atom. The van der Waals surface area contributed by atoms with E-state index >= 15 is 0 Å². The fourth-order valence-corrected chi connectivity index (χ4v) is 5.00. The molecule has 5 atom stereocenters. The molecule has 2 saturated carbocycles. The predicted molar refractivity (Wildman–Crippen MR) is 79.1 cm³/mol. The molecule has 3 rings (SSSR count). The third-order valence-electron chi connectivity index (χ3n) is 6.21. The van der Waals surface area contributed by atoms with Crippen LogP contribution in [0.2, 0.25) is 0 Å². The van der Waals surface area contributed by atoms with Gasteiger partial charge in [-0.15, -0.1) is 0 Å². The van der Waals surface area contributed by atoms with Gasteiger partial charge in [0.15, 0.2) is 0 Å². The first kappa shape index (κ1) is 13.9. The fraction of sp³-hybridized carbons (Fsp3) is 1.00. The molecule has 1 N–H and O–H groups in total. The molecule has 0 aromatic heterocycles. The number of nitrogens with zero attached hydrogens (tertiary/aromatic N) is 1.